The zero-order chi connectivity index (χ0) is 37.8. The molecule has 0 spiro atoms. The summed E-state index contributed by atoms with van der Waals surface area (Å²) < 4.78 is 5.69. The largest absolute Gasteiger partial charge is 0.508 e. The number of nitrogens with one attached hydrogen (secondary N) is 3. The highest BCUT2D eigenvalue weighted by Gasteiger charge is 2.34. The van der Waals surface area contributed by atoms with Gasteiger partial charge in [0.1, 0.15) is 22.5 Å². The number of carboxylic acids is 1. The molecule has 2 heterocycles. The quantitative estimate of drug-likeness (QED) is 0.137. The molecule has 1 aromatic heterocycles. The van der Waals surface area contributed by atoms with Crippen LogP contribution in [0.15, 0.2) is 29.6 Å². The van der Waals surface area contributed by atoms with E-state index in [-0.39, 0.29) is 54.0 Å². The number of benzene rings is 1. The highest BCUT2D eigenvalue weighted by Crippen LogP contribution is 2.29. The Balaban J connectivity index is 1.77. The SMILES string of the molecule is CC[C@H](C)[C@H](NC(=O)[C@H]1CCCCN1C)C(=O)N[C@H](C[C@@H](OC(C)=O)c1nc(C(=O)N[C@@H](Cc2ccc(O)cc2)C[C@H](C)C(=O)O)cs1)C(C)C. The van der Waals surface area contributed by atoms with Crippen LogP contribution in [-0.2, 0) is 30.3 Å². The second-order valence-corrected chi connectivity index (χ2v) is 15.0. The number of carbonyl (C=O) groups is 5. The van der Waals surface area contributed by atoms with E-state index in [0.29, 0.717) is 17.8 Å². The molecular weight excluding hydrogens is 675 g/mol. The van der Waals surface area contributed by atoms with Gasteiger partial charge in [0.25, 0.3) is 5.91 Å². The molecule has 1 fully saturated rings. The van der Waals surface area contributed by atoms with Crippen molar-refractivity contribution >= 4 is 41.0 Å². The number of aromatic hydroxyl groups is 1. The van der Waals surface area contributed by atoms with Crippen LogP contribution in [0.5, 0.6) is 5.75 Å². The molecule has 13 nitrogen and oxygen atoms in total. The van der Waals surface area contributed by atoms with Gasteiger partial charge in [-0.15, -0.1) is 11.3 Å². The zero-order valence-corrected chi connectivity index (χ0v) is 31.6. The molecule has 3 amide bonds. The Morgan fingerprint density at radius 1 is 1.02 bits per heavy atom. The van der Waals surface area contributed by atoms with Crippen molar-refractivity contribution in [2.45, 2.75) is 117 Å². The Morgan fingerprint density at radius 2 is 1.71 bits per heavy atom. The minimum Gasteiger partial charge on any atom is -0.508 e. The van der Waals surface area contributed by atoms with Gasteiger partial charge in [-0.05, 0) is 68.8 Å². The number of rotatable bonds is 18. The van der Waals surface area contributed by atoms with Gasteiger partial charge in [0.15, 0.2) is 6.10 Å². The molecule has 51 heavy (non-hydrogen) atoms. The average molecular weight is 730 g/mol. The highest BCUT2D eigenvalue weighted by molar-refractivity contribution is 7.09. The van der Waals surface area contributed by atoms with Gasteiger partial charge in [-0.25, -0.2) is 4.98 Å². The van der Waals surface area contributed by atoms with Crippen LogP contribution in [0.1, 0.15) is 107 Å². The minimum absolute atomic E-state index is 0.0793. The van der Waals surface area contributed by atoms with Gasteiger partial charge in [0.05, 0.1) is 12.0 Å². The van der Waals surface area contributed by atoms with E-state index in [9.17, 15) is 34.2 Å². The molecular formula is C37H55N5O8S. The number of hydrogen-bond acceptors (Lipinski definition) is 10. The molecule has 1 aliphatic heterocycles. The van der Waals surface area contributed by atoms with Crippen molar-refractivity contribution in [3.05, 3.63) is 45.9 Å². The summed E-state index contributed by atoms with van der Waals surface area (Å²) in [6, 6.07) is 4.44. The molecule has 1 aliphatic rings. The summed E-state index contributed by atoms with van der Waals surface area (Å²) in [7, 11) is 1.93. The maximum Gasteiger partial charge on any atom is 0.306 e. The van der Waals surface area contributed by atoms with Crippen molar-refractivity contribution in [2.24, 2.45) is 17.8 Å². The summed E-state index contributed by atoms with van der Waals surface area (Å²) >= 11 is 1.15. The Hall–Kier alpha value is -4.04. The van der Waals surface area contributed by atoms with Crippen LogP contribution in [0.2, 0.25) is 0 Å². The minimum atomic E-state index is -0.985. The Labute approximate surface area is 304 Å². The third-order valence-electron chi connectivity index (χ3n) is 9.62. The summed E-state index contributed by atoms with van der Waals surface area (Å²) in [6.45, 7) is 11.5. The normalized spacial score (nSPS) is 18.5. The van der Waals surface area contributed by atoms with Gasteiger partial charge in [-0.1, -0.05) is 59.6 Å². The summed E-state index contributed by atoms with van der Waals surface area (Å²) in [5.74, 6) is -3.35. The lowest BCUT2D eigenvalue weighted by molar-refractivity contribution is -0.147. The van der Waals surface area contributed by atoms with Crippen LogP contribution in [0.25, 0.3) is 0 Å². The smallest absolute Gasteiger partial charge is 0.306 e. The number of nitrogens with zero attached hydrogens (tertiary/aromatic N) is 2. The number of carbonyl (C=O) groups excluding carboxylic acids is 4. The first-order valence-corrected chi connectivity index (χ1v) is 18.7. The van der Waals surface area contributed by atoms with E-state index < -0.39 is 48.0 Å². The molecule has 5 N–H and O–H groups in total. The van der Waals surface area contributed by atoms with E-state index in [1.54, 1.807) is 24.4 Å². The van der Waals surface area contributed by atoms with E-state index in [1.165, 1.54) is 19.1 Å². The number of thiazole rings is 1. The lowest BCUT2D eigenvalue weighted by Gasteiger charge is -2.34. The number of esters is 1. The number of aliphatic carboxylic acids is 1. The fourth-order valence-electron chi connectivity index (χ4n) is 6.19. The molecule has 0 aliphatic carbocycles. The third kappa shape index (κ3) is 12.6. The number of ether oxygens (including phenoxy) is 1. The second kappa shape index (κ2) is 19.5. The van der Waals surface area contributed by atoms with Gasteiger partial charge in [0, 0.05) is 30.8 Å². The van der Waals surface area contributed by atoms with Gasteiger partial charge in [0.2, 0.25) is 11.8 Å². The molecule has 0 radical (unpaired) electrons. The van der Waals surface area contributed by atoms with E-state index in [0.717, 1.165) is 42.7 Å². The molecule has 1 aromatic carbocycles. The molecule has 0 saturated carbocycles. The number of aromatic nitrogens is 1. The third-order valence-corrected chi connectivity index (χ3v) is 10.6. The van der Waals surface area contributed by atoms with Crippen LogP contribution >= 0.6 is 11.3 Å². The van der Waals surface area contributed by atoms with Crippen molar-refractivity contribution in [3.8, 4) is 5.75 Å². The van der Waals surface area contributed by atoms with Crippen LogP contribution < -0.4 is 16.0 Å². The molecule has 1 saturated heterocycles. The van der Waals surface area contributed by atoms with Crippen LogP contribution in [0, 0.1) is 17.8 Å². The second-order valence-electron chi connectivity index (χ2n) is 14.1. The lowest BCUT2D eigenvalue weighted by Crippen LogP contribution is -2.57. The van der Waals surface area contributed by atoms with E-state index >= 15 is 0 Å². The number of likely N-dealkylation sites (tertiary alicyclic amines) is 1. The van der Waals surface area contributed by atoms with E-state index in [1.807, 2.05) is 39.6 Å². The van der Waals surface area contributed by atoms with E-state index in [2.05, 4.69) is 20.9 Å². The van der Waals surface area contributed by atoms with E-state index in [4.69, 9.17) is 4.74 Å². The molecule has 3 rings (SSSR count). The predicted octanol–water partition coefficient (Wildman–Crippen LogP) is 4.45. The summed E-state index contributed by atoms with van der Waals surface area (Å²) in [6.07, 6.45) is 3.23. The number of phenolic OH excluding ortho intramolecular Hbond substituents is 1. The Bertz CT molecular complexity index is 1480. The number of carboxylic acid groups (broad SMARTS) is 1. The monoisotopic (exact) mass is 729 g/mol. The number of phenols is 1. The summed E-state index contributed by atoms with van der Waals surface area (Å²) in [5.41, 5.74) is 0.894. The first kappa shape index (κ1) is 41.4. The van der Waals surface area contributed by atoms with Gasteiger partial charge in [-0.3, -0.25) is 28.9 Å². The zero-order valence-electron chi connectivity index (χ0n) is 30.8. The highest BCUT2D eigenvalue weighted by atomic mass is 32.1. The molecule has 0 bridgehead atoms. The number of likely N-dealkylation sites (N-methyl/N-ethyl adjacent to an activating group) is 1. The molecule has 282 valence electrons. The van der Waals surface area contributed by atoms with Crippen LogP contribution in [-0.4, -0.2) is 87.5 Å². The Morgan fingerprint density at radius 3 is 2.29 bits per heavy atom. The fourth-order valence-corrected chi connectivity index (χ4v) is 7.03. The number of hydrogen-bond donors (Lipinski definition) is 5. The maximum atomic E-state index is 13.8. The predicted molar refractivity (Wildman–Crippen MR) is 194 cm³/mol. The lowest BCUT2D eigenvalue weighted by atomic mass is 9.94. The van der Waals surface area contributed by atoms with Crippen molar-refractivity contribution in [1.29, 1.82) is 0 Å². The van der Waals surface area contributed by atoms with Gasteiger partial charge < -0.3 is 30.9 Å². The summed E-state index contributed by atoms with van der Waals surface area (Å²) in [5, 5.41) is 30.1. The Kier molecular flexibility index (Phi) is 15.9. The fraction of sp³-hybridized carbons (Fsp3) is 0.622. The average Bonchev–Trinajstić information content (AvgIpc) is 3.57. The standard InChI is InChI=1S/C37H55N5O8S/c1-8-22(4)32(41-34(46)30-11-9-10-16-42(30)7)35(47)39-28(21(2)3)19-31(50-24(6)43)36-40-29(20-51-36)33(45)38-26(17-23(5)37(48)49)18-25-12-14-27(44)15-13-25/h12-15,20-23,26,28,30-32,44H,8-11,16-19H2,1-7H3,(H,38,45)(H,39,47)(H,41,46)(H,48,49)/t22-,23-,26+,28+,30+,31+,32-/m0/s1. The van der Waals surface area contributed by atoms with Crippen molar-refractivity contribution < 1.29 is 38.9 Å². The van der Waals surface area contributed by atoms with Crippen molar-refractivity contribution in [2.75, 3.05) is 13.6 Å². The first-order chi connectivity index (χ1) is 24.1. The number of amides is 3. The number of piperidine rings is 1. The topological polar surface area (TPSA) is 187 Å². The first-order valence-electron chi connectivity index (χ1n) is 17.8. The van der Waals surface area contributed by atoms with Crippen molar-refractivity contribution in [3.63, 3.8) is 0 Å². The molecule has 14 heteroatoms. The molecule has 0 unspecified atom stereocenters. The maximum absolute atomic E-state index is 13.8. The summed E-state index contributed by atoms with van der Waals surface area (Å²) in [4.78, 5) is 70.9. The van der Waals surface area contributed by atoms with Crippen LogP contribution in [0.4, 0.5) is 0 Å². The molecule has 2 aromatic rings. The molecule has 7 atom stereocenters. The van der Waals surface area contributed by atoms with Gasteiger partial charge >= 0.3 is 11.9 Å². The van der Waals surface area contributed by atoms with Gasteiger partial charge in [-0.2, -0.15) is 0 Å². The van der Waals surface area contributed by atoms with Crippen molar-refractivity contribution in [1.82, 2.24) is 25.8 Å². The van der Waals surface area contributed by atoms with Crippen LogP contribution in [0.3, 0.4) is 0 Å².